The largest absolute Gasteiger partial charge is 0.496 e. The molecule has 1 aliphatic rings. The molecule has 0 saturated carbocycles. The molecule has 28 heavy (non-hydrogen) atoms. The van der Waals surface area contributed by atoms with Gasteiger partial charge in [0.05, 0.1) is 32.3 Å². The lowest BCUT2D eigenvalue weighted by atomic mass is 10.0. The Morgan fingerprint density at radius 3 is 2.68 bits per heavy atom. The second-order valence-electron chi connectivity index (χ2n) is 7.10. The van der Waals surface area contributed by atoms with Crippen LogP contribution in [0.15, 0.2) is 21.3 Å². The summed E-state index contributed by atoms with van der Waals surface area (Å²) < 4.78 is 16.1. The molecular formula is C21H28N2O5. The molecule has 0 atom stereocenters. The third-order valence-corrected chi connectivity index (χ3v) is 5.29. The van der Waals surface area contributed by atoms with E-state index < -0.39 is 5.63 Å². The molecule has 1 saturated heterocycles. The fourth-order valence-electron chi connectivity index (χ4n) is 3.57. The molecule has 152 valence electrons. The first-order chi connectivity index (χ1) is 13.5. The summed E-state index contributed by atoms with van der Waals surface area (Å²) in [5.41, 5.74) is 2.00. The average Bonchev–Trinajstić information content (AvgIpc) is 2.70. The molecule has 7 nitrogen and oxygen atoms in total. The Morgan fingerprint density at radius 2 is 1.96 bits per heavy atom. The second-order valence-corrected chi connectivity index (χ2v) is 7.10. The number of rotatable bonds is 7. The fraction of sp³-hybridized carbons (Fsp3) is 0.524. The number of carbonyl (C=O) groups excluding carboxylic acids is 1. The van der Waals surface area contributed by atoms with Crippen LogP contribution < -0.4 is 15.7 Å². The lowest BCUT2D eigenvalue weighted by Gasteiger charge is -2.26. The minimum absolute atomic E-state index is 0.0206. The van der Waals surface area contributed by atoms with Crippen LogP contribution in [0, 0.1) is 13.8 Å². The summed E-state index contributed by atoms with van der Waals surface area (Å²) in [6, 6.07) is 3.71. The van der Waals surface area contributed by atoms with Crippen molar-refractivity contribution in [3.8, 4) is 5.75 Å². The zero-order valence-corrected chi connectivity index (χ0v) is 16.8. The lowest BCUT2D eigenvalue weighted by molar-refractivity contribution is -0.120. The third kappa shape index (κ3) is 4.54. The van der Waals surface area contributed by atoms with E-state index in [1.165, 1.54) is 0 Å². The number of hydrogen-bond donors (Lipinski definition) is 1. The van der Waals surface area contributed by atoms with E-state index in [1.807, 2.05) is 26.0 Å². The molecule has 0 bridgehead atoms. The van der Waals surface area contributed by atoms with Gasteiger partial charge in [0.2, 0.25) is 5.91 Å². The quantitative estimate of drug-likeness (QED) is 0.575. The van der Waals surface area contributed by atoms with Gasteiger partial charge in [0, 0.05) is 30.6 Å². The van der Waals surface area contributed by atoms with Crippen LogP contribution in [0.25, 0.3) is 11.0 Å². The molecule has 1 aliphatic heterocycles. The third-order valence-electron chi connectivity index (χ3n) is 5.29. The van der Waals surface area contributed by atoms with Crippen molar-refractivity contribution in [2.75, 3.05) is 46.5 Å². The highest BCUT2D eigenvalue weighted by molar-refractivity contribution is 5.87. The minimum atomic E-state index is -0.468. The van der Waals surface area contributed by atoms with E-state index in [2.05, 4.69) is 10.2 Å². The van der Waals surface area contributed by atoms with Gasteiger partial charge in [-0.05, 0) is 44.5 Å². The number of nitrogens with one attached hydrogen (secondary N) is 1. The van der Waals surface area contributed by atoms with E-state index >= 15 is 0 Å². The number of aryl methyl sites for hydroxylation is 2. The van der Waals surface area contributed by atoms with E-state index in [9.17, 15) is 9.59 Å². The molecule has 1 aromatic heterocycles. The topological polar surface area (TPSA) is 81.0 Å². The summed E-state index contributed by atoms with van der Waals surface area (Å²) >= 11 is 0. The zero-order chi connectivity index (χ0) is 20.1. The first-order valence-electron chi connectivity index (χ1n) is 9.68. The van der Waals surface area contributed by atoms with Crippen molar-refractivity contribution < 1.29 is 18.7 Å². The van der Waals surface area contributed by atoms with Crippen LogP contribution in [0.4, 0.5) is 0 Å². The number of nitrogens with zero attached hydrogens (tertiary/aromatic N) is 1. The maximum absolute atomic E-state index is 12.5. The van der Waals surface area contributed by atoms with Crippen molar-refractivity contribution in [1.82, 2.24) is 10.2 Å². The predicted molar refractivity (Wildman–Crippen MR) is 107 cm³/mol. The number of morpholine rings is 1. The van der Waals surface area contributed by atoms with E-state index in [1.54, 1.807) is 7.11 Å². The Labute approximate surface area is 164 Å². The van der Waals surface area contributed by atoms with Crippen LogP contribution in [0.3, 0.4) is 0 Å². The number of amides is 1. The Balaban J connectivity index is 1.63. The first kappa shape index (κ1) is 20.4. The molecule has 3 rings (SSSR count). The van der Waals surface area contributed by atoms with E-state index in [0.29, 0.717) is 23.4 Å². The first-order valence-corrected chi connectivity index (χ1v) is 9.68. The zero-order valence-electron chi connectivity index (χ0n) is 16.8. The Bertz CT molecular complexity index is 900. The fourth-order valence-corrected chi connectivity index (χ4v) is 3.57. The summed E-state index contributed by atoms with van der Waals surface area (Å²) in [4.78, 5) is 27.1. The summed E-state index contributed by atoms with van der Waals surface area (Å²) in [5.74, 6) is 0.503. The monoisotopic (exact) mass is 388 g/mol. The molecule has 0 unspecified atom stereocenters. The van der Waals surface area contributed by atoms with Gasteiger partial charge in [0.1, 0.15) is 11.3 Å². The SMILES string of the molecule is COc1ccc2c(C)c(CC(=O)NCCCN3CCOCC3)c(=O)oc2c1C. The highest BCUT2D eigenvalue weighted by Gasteiger charge is 2.17. The molecule has 1 N–H and O–H groups in total. The van der Waals surface area contributed by atoms with Crippen LogP contribution in [0.1, 0.15) is 23.1 Å². The normalized spacial score (nSPS) is 15.0. The summed E-state index contributed by atoms with van der Waals surface area (Å²) in [6.07, 6.45) is 0.892. The predicted octanol–water partition coefficient (Wildman–Crippen LogP) is 1.80. The maximum atomic E-state index is 12.5. The lowest BCUT2D eigenvalue weighted by Crippen LogP contribution is -2.38. The Morgan fingerprint density at radius 1 is 1.21 bits per heavy atom. The van der Waals surface area contributed by atoms with Crippen molar-refractivity contribution in [3.63, 3.8) is 0 Å². The molecule has 7 heteroatoms. The van der Waals surface area contributed by atoms with Crippen molar-refractivity contribution in [2.24, 2.45) is 0 Å². The van der Waals surface area contributed by atoms with Gasteiger partial charge < -0.3 is 19.2 Å². The second kappa shape index (κ2) is 9.21. The number of benzene rings is 1. The van der Waals surface area contributed by atoms with E-state index in [0.717, 1.165) is 55.8 Å². The number of hydrogen-bond acceptors (Lipinski definition) is 6. The molecule has 0 aliphatic carbocycles. The molecule has 0 spiro atoms. The van der Waals surface area contributed by atoms with Crippen LogP contribution in [0.5, 0.6) is 5.75 Å². The Kier molecular flexibility index (Phi) is 6.70. The van der Waals surface area contributed by atoms with Gasteiger partial charge >= 0.3 is 5.63 Å². The summed E-state index contributed by atoms with van der Waals surface area (Å²) in [7, 11) is 1.58. The van der Waals surface area contributed by atoms with Gasteiger partial charge in [-0.1, -0.05) is 0 Å². The van der Waals surface area contributed by atoms with Gasteiger partial charge in [-0.25, -0.2) is 4.79 Å². The van der Waals surface area contributed by atoms with Crippen molar-refractivity contribution >= 4 is 16.9 Å². The minimum Gasteiger partial charge on any atom is -0.496 e. The number of fused-ring (bicyclic) bond motifs is 1. The molecule has 2 aromatic rings. The van der Waals surface area contributed by atoms with Crippen molar-refractivity contribution in [1.29, 1.82) is 0 Å². The smallest absolute Gasteiger partial charge is 0.340 e. The molecule has 2 heterocycles. The molecule has 1 amide bonds. The van der Waals surface area contributed by atoms with Gasteiger partial charge in [-0.2, -0.15) is 0 Å². The highest BCUT2D eigenvalue weighted by atomic mass is 16.5. The molecule has 0 radical (unpaired) electrons. The number of carbonyl (C=O) groups is 1. The van der Waals surface area contributed by atoms with Crippen molar-refractivity contribution in [3.05, 3.63) is 39.2 Å². The number of ether oxygens (including phenoxy) is 2. The molecule has 1 aromatic carbocycles. The van der Waals surface area contributed by atoms with Crippen LogP contribution in [0.2, 0.25) is 0 Å². The van der Waals surface area contributed by atoms with Crippen LogP contribution >= 0.6 is 0 Å². The molecular weight excluding hydrogens is 360 g/mol. The summed E-state index contributed by atoms with van der Waals surface area (Å²) in [6.45, 7) is 8.65. The summed E-state index contributed by atoms with van der Waals surface area (Å²) in [5, 5.41) is 3.73. The van der Waals surface area contributed by atoms with E-state index in [-0.39, 0.29) is 12.3 Å². The average molecular weight is 388 g/mol. The standard InChI is InChI=1S/C21H28N2O5/c1-14-16-5-6-18(26-3)15(2)20(16)28-21(25)17(14)13-19(24)22-7-4-8-23-9-11-27-12-10-23/h5-6H,4,7-13H2,1-3H3,(H,22,24). The molecule has 1 fully saturated rings. The van der Waals surface area contributed by atoms with Crippen LogP contribution in [-0.4, -0.2) is 57.3 Å². The maximum Gasteiger partial charge on any atom is 0.340 e. The van der Waals surface area contributed by atoms with Gasteiger partial charge in [0.15, 0.2) is 0 Å². The van der Waals surface area contributed by atoms with Gasteiger partial charge in [0.25, 0.3) is 0 Å². The number of methoxy groups -OCH3 is 1. The Hall–Kier alpha value is -2.38. The van der Waals surface area contributed by atoms with Crippen LogP contribution in [-0.2, 0) is 16.0 Å². The van der Waals surface area contributed by atoms with E-state index in [4.69, 9.17) is 13.9 Å². The van der Waals surface area contributed by atoms with Crippen molar-refractivity contribution in [2.45, 2.75) is 26.7 Å². The van der Waals surface area contributed by atoms with Gasteiger partial charge in [-0.3, -0.25) is 9.69 Å². The van der Waals surface area contributed by atoms with Gasteiger partial charge in [-0.15, -0.1) is 0 Å². The highest BCUT2D eigenvalue weighted by Crippen LogP contribution is 2.29.